The van der Waals surface area contributed by atoms with Crippen molar-refractivity contribution in [2.75, 3.05) is 18.4 Å². The first-order chi connectivity index (χ1) is 12.5. The summed E-state index contributed by atoms with van der Waals surface area (Å²) >= 11 is 6.04. The molecule has 6 nitrogen and oxygen atoms in total. The predicted octanol–water partition coefficient (Wildman–Crippen LogP) is 2.77. The summed E-state index contributed by atoms with van der Waals surface area (Å²) in [6.45, 7) is 1.72. The largest absolute Gasteiger partial charge is 0.339 e. The van der Waals surface area contributed by atoms with Crippen LogP contribution in [-0.4, -0.2) is 34.4 Å². The maximum Gasteiger partial charge on any atom is 0.255 e. The number of aromatic nitrogens is 1. The Hall–Kier alpha value is -2.60. The molecule has 1 saturated heterocycles. The Bertz CT molecular complexity index is 872. The van der Waals surface area contributed by atoms with Crippen LogP contribution < -0.4 is 10.9 Å². The van der Waals surface area contributed by atoms with E-state index in [1.807, 2.05) is 0 Å². The van der Waals surface area contributed by atoms with Crippen LogP contribution in [0.1, 0.15) is 29.6 Å². The minimum atomic E-state index is -0.279. The van der Waals surface area contributed by atoms with Crippen molar-refractivity contribution in [1.82, 2.24) is 9.47 Å². The maximum atomic E-state index is 12.7. The molecular formula is C19H20ClN3O3. The highest BCUT2D eigenvalue weighted by atomic mass is 35.5. The Morgan fingerprint density at radius 2 is 1.88 bits per heavy atom. The van der Waals surface area contributed by atoms with Gasteiger partial charge >= 0.3 is 0 Å². The minimum absolute atomic E-state index is 0.103. The molecule has 1 aliphatic heterocycles. The summed E-state index contributed by atoms with van der Waals surface area (Å²) in [5.41, 5.74) is 0.675. The summed E-state index contributed by atoms with van der Waals surface area (Å²) in [7, 11) is 0. The van der Waals surface area contributed by atoms with Crippen LogP contribution in [0.15, 0.2) is 47.4 Å². The van der Waals surface area contributed by atoms with E-state index < -0.39 is 0 Å². The van der Waals surface area contributed by atoms with Gasteiger partial charge in [0.25, 0.3) is 11.5 Å². The van der Waals surface area contributed by atoms with Crippen LogP contribution in [0.25, 0.3) is 0 Å². The lowest BCUT2D eigenvalue weighted by Crippen LogP contribution is -2.29. The van der Waals surface area contributed by atoms with Crippen LogP contribution in [0.4, 0.5) is 5.69 Å². The van der Waals surface area contributed by atoms with Crippen molar-refractivity contribution < 1.29 is 9.59 Å². The van der Waals surface area contributed by atoms with E-state index in [0.29, 0.717) is 16.3 Å². The average Bonchev–Trinajstić information content (AvgIpc) is 3.15. The second kappa shape index (κ2) is 8.19. The maximum absolute atomic E-state index is 12.7. The molecule has 7 heteroatoms. The molecule has 2 amide bonds. The lowest BCUT2D eigenvalue weighted by Gasteiger charge is -2.18. The number of hydrogen-bond donors (Lipinski definition) is 1. The van der Waals surface area contributed by atoms with Gasteiger partial charge in [0.1, 0.15) is 0 Å². The standard InChI is InChI=1S/C19H20ClN3O3/c20-14-6-7-15(19(26)23-10-3-4-11-23)16(13-14)21-17(24)8-12-22-9-2-1-5-18(22)25/h1-2,5-7,9,13H,3-4,8,10-12H2,(H,21,24). The van der Waals surface area contributed by atoms with Gasteiger partial charge in [-0.1, -0.05) is 17.7 Å². The number of benzene rings is 1. The van der Waals surface area contributed by atoms with E-state index in [-0.39, 0.29) is 30.3 Å². The highest BCUT2D eigenvalue weighted by molar-refractivity contribution is 6.31. The fourth-order valence-corrected chi connectivity index (χ4v) is 3.15. The van der Waals surface area contributed by atoms with E-state index in [4.69, 9.17) is 11.6 Å². The molecule has 1 aromatic heterocycles. The van der Waals surface area contributed by atoms with Crippen molar-refractivity contribution in [3.05, 3.63) is 63.5 Å². The van der Waals surface area contributed by atoms with Gasteiger partial charge in [0.15, 0.2) is 0 Å². The molecule has 2 heterocycles. The Kier molecular flexibility index (Phi) is 5.73. The van der Waals surface area contributed by atoms with E-state index in [1.165, 1.54) is 10.6 Å². The second-order valence-corrected chi connectivity index (χ2v) is 6.66. The lowest BCUT2D eigenvalue weighted by molar-refractivity contribution is -0.116. The number of pyridine rings is 1. The van der Waals surface area contributed by atoms with Gasteiger partial charge in [-0.05, 0) is 37.1 Å². The second-order valence-electron chi connectivity index (χ2n) is 6.22. The fraction of sp³-hybridized carbons (Fsp3) is 0.316. The zero-order valence-electron chi connectivity index (χ0n) is 14.3. The number of rotatable bonds is 5. The summed E-state index contributed by atoms with van der Waals surface area (Å²) in [6, 6.07) is 9.70. The monoisotopic (exact) mass is 373 g/mol. The summed E-state index contributed by atoms with van der Waals surface area (Å²) in [5.74, 6) is -0.382. The molecule has 0 bridgehead atoms. The number of amides is 2. The van der Waals surface area contributed by atoms with Crippen LogP contribution >= 0.6 is 11.6 Å². The molecule has 0 saturated carbocycles. The Labute approximate surface area is 156 Å². The molecule has 26 heavy (non-hydrogen) atoms. The van der Waals surface area contributed by atoms with Gasteiger partial charge in [-0.2, -0.15) is 0 Å². The Balaban J connectivity index is 1.71. The molecule has 0 atom stereocenters. The molecule has 3 rings (SSSR count). The number of carbonyl (C=O) groups excluding carboxylic acids is 2. The molecule has 136 valence electrons. The third-order valence-corrected chi connectivity index (χ3v) is 4.59. The summed E-state index contributed by atoms with van der Waals surface area (Å²) in [6.07, 6.45) is 3.74. The summed E-state index contributed by atoms with van der Waals surface area (Å²) in [5, 5.41) is 3.20. The quantitative estimate of drug-likeness (QED) is 0.876. The van der Waals surface area contributed by atoms with Gasteiger partial charge in [0, 0.05) is 43.3 Å². The SMILES string of the molecule is O=C(CCn1ccccc1=O)Nc1cc(Cl)ccc1C(=O)N1CCCC1. The zero-order valence-corrected chi connectivity index (χ0v) is 15.0. The topological polar surface area (TPSA) is 71.4 Å². The first-order valence-electron chi connectivity index (χ1n) is 8.59. The van der Waals surface area contributed by atoms with Crippen molar-refractivity contribution in [1.29, 1.82) is 0 Å². The summed E-state index contributed by atoms with van der Waals surface area (Å²) < 4.78 is 1.47. The number of anilines is 1. The van der Waals surface area contributed by atoms with E-state index in [2.05, 4.69) is 5.32 Å². The molecule has 2 aromatic rings. The molecule has 1 fully saturated rings. The van der Waals surface area contributed by atoms with Crippen LogP contribution in [-0.2, 0) is 11.3 Å². The molecular weight excluding hydrogens is 354 g/mol. The van der Waals surface area contributed by atoms with E-state index in [0.717, 1.165) is 25.9 Å². The lowest BCUT2D eigenvalue weighted by atomic mass is 10.1. The van der Waals surface area contributed by atoms with Gasteiger partial charge in [0.05, 0.1) is 11.3 Å². The van der Waals surface area contributed by atoms with Gasteiger partial charge in [-0.15, -0.1) is 0 Å². The zero-order chi connectivity index (χ0) is 18.5. The van der Waals surface area contributed by atoms with Crippen molar-refractivity contribution in [2.24, 2.45) is 0 Å². The number of nitrogens with one attached hydrogen (secondary N) is 1. The third-order valence-electron chi connectivity index (χ3n) is 4.36. The van der Waals surface area contributed by atoms with Crippen molar-refractivity contribution in [3.8, 4) is 0 Å². The first kappa shape index (κ1) is 18.2. The number of carbonyl (C=O) groups is 2. The number of halogens is 1. The van der Waals surface area contributed by atoms with Gasteiger partial charge < -0.3 is 14.8 Å². The predicted molar refractivity (Wildman–Crippen MR) is 101 cm³/mol. The molecule has 0 radical (unpaired) electrons. The first-order valence-corrected chi connectivity index (χ1v) is 8.96. The van der Waals surface area contributed by atoms with Crippen LogP contribution in [0.3, 0.4) is 0 Å². The van der Waals surface area contributed by atoms with Crippen LogP contribution in [0, 0.1) is 0 Å². The van der Waals surface area contributed by atoms with E-state index >= 15 is 0 Å². The fourth-order valence-electron chi connectivity index (χ4n) is 2.98. The highest BCUT2D eigenvalue weighted by Gasteiger charge is 2.22. The van der Waals surface area contributed by atoms with Crippen molar-refractivity contribution >= 4 is 29.1 Å². The number of likely N-dealkylation sites (tertiary alicyclic amines) is 1. The normalized spacial score (nSPS) is 13.7. The Morgan fingerprint density at radius 1 is 1.12 bits per heavy atom. The summed E-state index contributed by atoms with van der Waals surface area (Å²) in [4.78, 5) is 38.4. The van der Waals surface area contributed by atoms with E-state index in [1.54, 1.807) is 41.4 Å². The third kappa shape index (κ3) is 4.32. The molecule has 0 unspecified atom stereocenters. The van der Waals surface area contributed by atoms with Crippen molar-refractivity contribution in [3.63, 3.8) is 0 Å². The molecule has 1 aliphatic rings. The van der Waals surface area contributed by atoms with Gasteiger partial charge in [0.2, 0.25) is 5.91 Å². The van der Waals surface area contributed by atoms with Crippen molar-refractivity contribution in [2.45, 2.75) is 25.8 Å². The highest BCUT2D eigenvalue weighted by Crippen LogP contribution is 2.24. The number of nitrogens with zero attached hydrogens (tertiary/aromatic N) is 2. The van der Waals surface area contributed by atoms with Crippen LogP contribution in [0.5, 0.6) is 0 Å². The Morgan fingerprint density at radius 3 is 2.62 bits per heavy atom. The molecule has 0 spiro atoms. The van der Waals surface area contributed by atoms with Gasteiger partial charge in [-0.25, -0.2) is 0 Å². The molecule has 1 aromatic carbocycles. The smallest absolute Gasteiger partial charge is 0.255 e. The minimum Gasteiger partial charge on any atom is -0.339 e. The number of hydrogen-bond acceptors (Lipinski definition) is 3. The van der Waals surface area contributed by atoms with Crippen LogP contribution in [0.2, 0.25) is 5.02 Å². The average molecular weight is 374 g/mol. The molecule has 1 N–H and O–H groups in total. The van der Waals surface area contributed by atoms with Gasteiger partial charge in [-0.3, -0.25) is 14.4 Å². The van der Waals surface area contributed by atoms with E-state index in [9.17, 15) is 14.4 Å². The molecule has 0 aliphatic carbocycles. The number of aryl methyl sites for hydroxylation is 1.